The third kappa shape index (κ3) is 3.61. The van der Waals surface area contributed by atoms with Gasteiger partial charge in [0.1, 0.15) is 0 Å². The Hall–Kier alpha value is -6.44. The van der Waals surface area contributed by atoms with Gasteiger partial charge in [-0.2, -0.15) is 0 Å². The molecular formula is C49H33N. The largest absolute Gasteiger partial charge is 0.309 e. The monoisotopic (exact) mass is 635 g/mol. The Labute approximate surface area is 292 Å². The summed E-state index contributed by atoms with van der Waals surface area (Å²) in [6.07, 6.45) is 4.01. The number of fused-ring (bicyclic) bond motifs is 15. The molecule has 0 fully saturated rings. The second-order valence-corrected chi connectivity index (χ2v) is 13.2. The van der Waals surface area contributed by atoms with Gasteiger partial charge in [-0.05, 0) is 78.7 Å². The number of benzene rings is 7. The van der Waals surface area contributed by atoms with Crippen LogP contribution in [0.15, 0.2) is 177 Å². The highest BCUT2D eigenvalue weighted by molar-refractivity contribution is 6.16. The van der Waals surface area contributed by atoms with Gasteiger partial charge in [-0.25, -0.2) is 0 Å². The molecule has 234 valence electrons. The van der Waals surface area contributed by atoms with Gasteiger partial charge in [0.05, 0.1) is 22.3 Å². The van der Waals surface area contributed by atoms with Crippen molar-refractivity contribution in [3.8, 4) is 27.9 Å². The molecule has 0 amide bonds. The van der Waals surface area contributed by atoms with Gasteiger partial charge >= 0.3 is 0 Å². The van der Waals surface area contributed by atoms with Gasteiger partial charge in [-0.1, -0.05) is 171 Å². The van der Waals surface area contributed by atoms with Crippen molar-refractivity contribution in [3.63, 3.8) is 0 Å². The van der Waals surface area contributed by atoms with Crippen molar-refractivity contribution in [1.29, 1.82) is 0 Å². The summed E-state index contributed by atoms with van der Waals surface area (Å²) in [4.78, 5) is 0. The first-order valence-electron chi connectivity index (χ1n) is 17.3. The lowest BCUT2D eigenvalue weighted by Gasteiger charge is -2.30. The van der Waals surface area contributed by atoms with E-state index in [1.54, 1.807) is 0 Å². The zero-order valence-corrected chi connectivity index (χ0v) is 27.6. The van der Waals surface area contributed by atoms with Crippen LogP contribution in [0.3, 0.4) is 0 Å². The molecule has 1 spiro atoms. The first kappa shape index (κ1) is 28.6. The molecule has 2 aliphatic rings. The minimum atomic E-state index is -0.438. The minimum Gasteiger partial charge on any atom is -0.309 e. The van der Waals surface area contributed by atoms with E-state index in [0.29, 0.717) is 0 Å². The summed E-state index contributed by atoms with van der Waals surface area (Å²) in [5.41, 5.74) is 14.2. The standard InChI is InChI=1S/C49H33N/c1-3-32-33-18-5-6-19-34(33)35-20-7-8-21-36(35)39-24-12-16-30-46(39)50(45(32)4-2)47-31-17-29-44-48(47)40-25-11-15-28-43(40)49(44)41-26-13-9-22-37(41)38-23-10-14-27-42(38)49/h3-31H,1-2H2. The van der Waals surface area contributed by atoms with Crippen molar-refractivity contribution in [2.45, 2.75) is 5.41 Å². The molecule has 1 nitrogen and oxygen atoms in total. The van der Waals surface area contributed by atoms with E-state index in [1.165, 1.54) is 60.7 Å². The summed E-state index contributed by atoms with van der Waals surface area (Å²) in [6.45, 7) is 8.89. The van der Waals surface area contributed by atoms with Crippen LogP contribution >= 0.6 is 0 Å². The number of para-hydroxylation sites is 1. The van der Waals surface area contributed by atoms with Crippen molar-refractivity contribution in [2.24, 2.45) is 0 Å². The molecule has 0 saturated heterocycles. The van der Waals surface area contributed by atoms with E-state index in [4.69, 9.17) is 0 Å². The third-order valence-electron chi connectivity index (χ3n) is 11.0. The van der Waals surface area contributed by atoms with Crippen LogP contribution in [0.25, 0.3) is 72.5 Å². The van der Waals surface area contributed by atoms with Crippen molar-refractivity contribution in [2.75, 3.05) is 0 Å². The molecule has 0 unspecified atom stereocenters. The van der Waals surface area contributed by atoms with Crippen LogP contribution < -0.4 is 0 Å². The Morgan fingerprint density at radius 3 is 1.48 bits per heavy atom. The molecule has 0 aliphatic heterocycles. The molecule has 50 heavy (non-hydrogen) atoms. The molecule has 7 aromatic carbocycles. The van der Waals surface area contributed by atoms with Crippen LogP contribution in [0, 0.1) is 0 Å². The molecule has 2 aliphatic carbocycles. The number of rotatable bonds is 3. The number of aromatic nitrogens is 1. The summed E-state index contributed by atoms with van der Waals surface area (Å²) < 4.78 is 2.44. The fourth-order valence-electron chi connectivity index (χ4n) is 9.18. The highest BCUT2D eigenvalue weighted by Gasteiger charge is 2.52. The quantitative estimate of drug-likeness (QED) is 0.182. The number of hydrogen-bond acceptors (Lipinski definition) is 0. The molecule has 1 heteroatoms. The molecule has 0 N–H and O–H groups in total. The lowest BCUT2D eigenvalue weighted by atomic mass is 9.70. The first-order valence-corrected chi connectivity index (χ1v) is 17.3. The van der Waals surface area contributed by atoms with E-state index < -0.39 is 5.41 Å². The topological polar surface area (TPSA) is 4.93 Å². The minimum absolute atomic E-state index is 0.438. The number of hydrogen-bond donors (Lipinski definition) is 0. The van der Waals surface area contributed by atoms with Crippen LogP contribution in [0.2, 0.25) is 0 Å². The third-order valence-corrected chi connectivity index (χ3v) is 11.0. The van der Waals surface area contributed by atoms with E-state index in [2.05, 4.69) is 182 Å². The van der Waals surface area contributed by atoms with E-state index in [1.807, 2.05) is 12.2 Å². The van der Waals surface area contributed by atoms with Gasteiger partial charge in [-0.3, -0.25) is 0 Å². The average Bonchev–Trinajstić information content (AvgIpc) is 3.67. The summed E-state index contributed by atoms with van der Waals surface area (Å²) in [7, 11) is 0. The zero-order valence-electron chi connectivity index (χ0n) is 27.6. The Bertz CT molecular complexity index is 2760. The Morgan fingerprint density at radius 2 is 0.860 bits per heavy atom. The maximum Gasteiger partial charge on any atom is 0.0726 e. The lowest BCUT2D eigenvalue weighted by molar-refractivity contribution is 0.793. The van der Waals surface area contributed by atoms with Crippen LogP contribution in [0.1, 0.15) is 33.5 Å². The zero-order chi connectivity index (χ0) is 33.4. The fraction of sp³-hybridized carbons (Fsp3) is 0.0204. The van der Waals surface area contributed by atoms with Crippen LogP contribution in [-0.2, 0) is 5.41 Å². The van der Waals surface area contributed by atoms with Gasteiger partial charge in [0, 0.05) is 16.5 Å². The summed E-state index contributed by atoms with van der Waals surface area (Å²) >= 11 is 0. The van der Waals surface area contributed by atoms with Crippen LogP contribution in [-0.4, -0.2) is 4.57 Å². The molecule has 1 aromatic heterocycles. The summed E-state index contributed by atoms with van der Waals surface area (Å²) in [5, 5.41) is 5.86. The molecule has 1 heterocycles. The molecule has 10 rings (SSSR count). The predicted molar refractivity (Wildman–Crippen MR) is 212 cm³/mol. The molecule has 0 atom stereocenters. The summed E-state index contributed by atoms with van der Waals surface area (Å²) in [6, 6.07) is 60.2. The Balaban J connectivity index is 1.46. The maximum atomic E-state index is 4.48. The molecule has 8 aromatic rings. The van der Waals surface area contributed by atoms with Gasteiger partial charge in [0.15, 0.2) is 0 Å². The van der Waals surface area contributed by atoms with E-state index in [9.17, 15) is 0 Å². The second-order valence-electron chi connectivity index (χ2n) is 13.2. The van der Waals surface area contributed by atoms with Crippen LogP contribution in [0.4, 0.5) is 0 Å². The van der Waals surface area contributed by atoms with Gasteiger partial charge < -0.3 is 4.57 Å². The van der Waals surface area contributed by atoms with Crippen molar-refractivity contribution in [1.82, 2.24) is 4.57 Å². The molecular weight excluding hydrogens is 603 g/mol. The van der Waals surface area contributed by atoms with Crippen molar-refractivity contribution >= 4 is 44.6 Å². The Kier molecular flexibility index (Phi) is 6.16. The van der Waals surface area contributed by atoms with Gasteiger partial charge in [0.25, 0.3) is 0 Å². The van der Waals surface area contributed by atoms with Crippen molar-refractivity contribution in [3.05, 3.63) is 210 Å². The summed E-state index contributed by atoms with van der Waals surface area (Å²) in [5.74, 6) is 0. The molecule has 0 radical (unpaired) electrons. The average molecular weight is 636 g/mol. The van der Waals surface area contributed by atoms with Gasteiger partial charge in [0.2, 0.25) is 0 Å². The first-order chi connectivity index (χ1) is 24.8. The highest BCUT2D eigenvalue weighted by Crippen LogP contribution is 2.63. The fourth-order valence-corrected chi connectivity index (χ4v) is 9.18. The SMILES string of the molecule is C=Cc1c(C=C)n(-c2cccc3c2-c2ccccc2C32c3ccccc3-c3ccccc32)c2ccccc2c2ccccc2c2ccccc12. The molecule has 0 bridgehead atoms. The highest BCUT2D eigenvalue weighted by atomic mass is 15.0. The van der Waals surface area contributed by atoms with Crippen molar-refractivity contribution < 1.29 is 0 Å². The Morgan fingerprint density at radius 1 is 0.400 bits per heavy atom. The van der Waals surface area contributed by atoms with E-state index in [0.717, 1.165) is 33.2 Å². The van der Waals surface area contributed by atoms with E-state index >= 15 is 0 Å². The molecule has 0 saturated carbocycles. The predicted octanol–water partition coefficient (Wildman–Crippen LogP) is 12.7. The lowest BCUT2D eigenvalue weighted by Crippen LogP contribution is -2.25. The smallest absolute Gasteiger partial charge is 0.0726 e. The van der Waals surface area contributed by atoms with E-state index in [-0.39, 0.29) is 0 Å². The van der Waals surface area contributed by atoms with Gasteiger partial charge in [-0.15, -0.1) is 0 Å². The van der Waals surface area contributed by atoms with Crippen LogP contribution in [0.5, 0.6) is 0 Å². The number of nitrogens with zero attached hydrogens (tertiary/aromatic N) is 1. The maximum absolute atomic E-state index is 4.48. The normalized spacial score (nSPS) is 13.1. The second kappa shape index (κ2) is 10.8.